The molecule has 1 heterocycles. The van der Waals surface area contributed by atoms with Crippen molar-refractivity contribution in [2.75, 3.05) is 6.54 Å². The summed E-state index contributed by atoms with van der Waals surface area (Å²) in [7, 11) is 0. The Morgan fingerprint density at radius 2 is 2.00 bits per heavy atom. The van der Waals surface area contributed by atoms with E-state index in [0.717, 1.165) is 0 Å². The van der Waals surface area contributed by atoms with Crippen molar-refractivity contribution in [1.82, 2.24) is 5.32 Å². The summed E-state index contributed by atoms with van der Waals surface area (Å²) in [6.07, 6.45) is -1.72. The molecular weight excluding hydrogens is 186 g/mol. The highest BCUT2D eigenvalue weighted by molar-refractivity contribution is 5.85. The van der Waals surface area contributed by atoms with Crippen molar-refractivity contribution in [1.29, 1.82) is 0 Å². The summed E-state index contributed by atoms with van der Waals surface area (Å²) in [4.78, 5) is 10.4. The molecule has 1 aliphatic rings. The van der Waals surface area contributed by atoms with Crippen molar-refractivity contribution in [3.8, 4) is 0 Å². The molecule has 4 N–H and O–H groups in total. The summed E-state index contributed by atoms with van der Waals surface area (Å²) in [6, 6.07) is -1.03. The van der Waals surface area contributed by atoms with Crippen LogP contribution in [0, 0.1) is 0 Å². The van der Waals surface area contributed by atoms with Crippen LogP contribution in [0.2, 0.25) is 0 Å². The number of aliphatic hydroxyl groups excluding tert-OH is 2. The third-order valence-electron chi connectivity index (χ3n) is 1.81. The molecule has 1 aliphatic heterocycles. The minimum Gasteiger partial charge on any atom is -0.480 e. The quantitative estimate of drug-likeness (QED) is 0.414. The van der Waals surface area contributed by atoms with E-state index in [0.29, 0.717) is 13.0 Å². The molecule has 6 heteroatoms. The normalized spacial score (nSPS) is 35.3. The first-order chi connectivity index (χ1) is 5.13. The first-order valence-electron chi connectivity index (χ1n) is 3.45. The second kappa shape index (κ2) is 4.61. The first-order valence-corrected chi connectivity index (χ1v) is 3.45. The molecule has 1 saturated heterocycles. The van der Waals surface area contributed by atoms with Gasteiger partial charge in [0.1, 0.15) is 12.1 Å². The van der Waals surface area contributed by atoms with Crippen molar-refractivity contribution >= 4 is 18.4 Å². The van der Waals surface area contributed by atoms with Crippen molar-refractivity contribution in [2.24, 2.45) is 0 Å². The molecule has 0 amide bonds. The van der Waals surface area contributed by atoms with Gasteiger partial charge in [-0.1, -0.05) is 0 Å². The van der Waals surface area contributed by atoms with Crippen molar-refractivity contribution in [3.05, 3.63) is 0 Å². The van der Waals surface area contributed by atoms with Crippen LogP contribution in [0.25, 0.3) is 0 Å². The standard InChI is InChI=1S/C6H11NO4.ClH/c8-3-1-2-7-4(5(3)9)6(10)11;/h3-5,7-9H,1-2H2,(H,10,11);1H/t3-,4+,5-;/m1./s1. The van der Waals surface area contributed by atoms with Gasteiger partial charge in [0.2, 0.25) is 0 Å². The molecule has 72 valence electrons. The molecule has 1 fully saturated rings. The number of aliphatic hydroxyl groups is 2. The molecular formula is C6H12ClNO4. The average Bonchev–Trinajstić information content (AvgIpc) is 1.94. The van der Waals surface area contributed by atoms with Gasteiger partial charge in [-0.25, -0.2) is 0 Å². The number of rotatable bonds is 1. The summed E-state index contributed by atoms with van der Waals surface area (Å²) in [6.45, 7) is 0.426. The van der Waals surface area contributed by atoms with Crippen LogP contribution in [0.15, 0.2) is 0 Å². The Morgan fingerprint density at radius 1 is 1.42 bits per heavy atom. The molecule has 0 saturated carbocycles. The van der Waals surface area contributed by atoms with Gasteiger partial charge in [-0.15, -0.1) is 12.4 Å². The van der Waals surface area contributed by atoms with Gasteiger partial charge in [0.05, 0.1) is 6.10 Å². The lowest BCUT2D eigenvalue weighted by Crippen LogP contribution is -2.56. The molecule has 0 aliphatic carbocycles. The van der Waals surface area contributed by atoms with Crippen LogP contribution in [0.3, 0.4) is 0 Å². The number of piperidine rings is 1. The zero-order chi connectivity index (χ0) is 8.43. The minimum absolute atomic E-state index is 0. The highest BCUT2D eigenvalue weighted by Gasteiger charge is 2.34. The van der Waals surface area contributed by atoms with Gasteiger partial charge in [0, 0.05) is 0 Å². The number of carboxylic acid groups (broad SMARTS) is 1. The number of carboxylic acids is 1. The maximum atomic E-state index is 10.4. The lowest BCUT2D eigenvalue weighted by atomic mass is 9.99. The van der Waals surface area contributed by atoms with Crippen LogP contribution in [0.4, 0.5) is 0 Å². The molecule has 0 bridgehead atoms. The number of aliphatic carboxylic acids is 1. The van der Waals surface area contributed by atoms with Gasteiger partial charge in [-0.3, -0.25) is 4.79 Å². The fraction of sp³-hybridized carbons (Fsp3) is 0.833. The second-order valence-electron chi connectivity index (χ2n) is 2.62. The monoisotopic (exact) mass is 197 g/mol. The summed E-state index contributed by atoms with van der Waals surface area (Å²) >= 11 is 0. The zero-order valence-corrected chi connectivity index (χ0v) is 7.12. The Morgan fingerprint density at radius 3 is 2.42 bits per heavy atom. The van der Waals surface area contributed by atoms with Gasteiger partial charge < -0.3 is 20.6 Å². The van der Waals surface area contributed by atoms with Crippen molar-refractivity contribution in [3.63, 3.8) is 0 Å². The third kappa shape index (κ3) is 2.31. The molecule has 1 rings (SSSR count). The summed E-state index contributed by atoms with van der Waals surface area (Å²) < 4.78 is 0. The predicted molar refractivity (Wildman–Crippen MR) is 43.3 cm³/mol. The number of nitrogens with one attached hydrogen (secondary N) is 1. The maximum Gasteiger partial charge on any atom is 0.323 e. The smallest absolute Gasteiger partial charge is 0.323 e. The Labute approximate surface area is 75.8 Å². The number of halogens is 1. The first kappa shape index (κ1) is 11.6. The van der Waals surface area contributed by atoms with E-state index in [1.807, 2.05) is 0 Å². The molecule has 0 aromatic heterocycles. The number of hydrogen-bond donors (Lipinski definition) is 4. The largest absolute Gasteiger partial charge is 0.480 e. The van der Waals surface area contributed by atoms with Crippen molar-refractivity contribution < 1.29 is 20.1 Å². The average molecular weight is 198 g/mol. The Kier molecular flexibility index (Phi) is 4.47. The van der Waals surface area contributed by atoms with E-state index in [9.17, 15) is 4.79 Å². The molecule has 0 aromatic carbocycles. The summed E-state index contributed by atoms with van der Waals surface area (Å²) in [5, 5.41) is 29.2. The summed E-state index contributed by atoms with van der Waals surface area (Å²) in [5.41, 5.74) is 0. The number of carbonyl (C=O) groups is 1. The number of hydrogen-bond acceptors (Lipinski definition) is 4. The highest BCUT2D eigenvalue weighted by Crippen LogP contribution is 2.09. The SMILES string of the molecule is Cl.O=C(O)[C@H]1NCC[C@@H](O)[C@H]1O. The van der Waals surface area contributed by atoms with E-state index in [-0.39, 0.29) is 12.4 Å². The lowest BCUT2D eigenvalue weighted by Gasteiger charge is -2.29. The van der Waals surface area contributed by atoms with E-state index in [1.54, 1.807) is 0 Å². The Hall–Kier alpha value is -0.360. The molecule has 0 radical (unpaired) electrons. The molecule has 3 atom stereocenters. The van der Waals surface area contributed by atoms with E-state index in [2.05, 4.69) is 5.32 Å². The van der Waals surface area contributed by atoms with E-state index in [1.165, 1.54) is 0 Å². The molecule has 5 nitrogen and oxygen atoms in total. The summed E-state index contributed by atoms with van der Waals surface area (Å²) in [5.74, 6) is -1.13. The Bertz CT molecular complexity index is 166. The van der Waals surface area contributed by atoms with Gasteiger partial charge in [0.25, 0.3) is 0 Å². The van der Waals surface area contributed by atoms with Gasteiger partial charge in [0.15, 0.2) is 0 Å². The van der Waals surface area contributed by atoms with Crippen LogP contribution in [-0.2, 0) is 4.79 Å². The maximum absolute atomic E-state index is 10.4. The van der Waals surface area contributed by atoms with Crippen LogP contribution in [0.5, 0.6) is 0 Å². The zero-order valence-electron chi connectivity index (χ0n) is 6.30. The van der Waals surface area contributed by atoms with Crippen LogP contribution in [-0.4, -0.2) is 46.1 Å². The molecule has 0 aromatic rings. The van der Waals surface area contributed by atoms with E-state index in [4.69, 9.17) is 15.3 Å². The van der Waals surface area contributed by atoms with Gasteiger partial charge in [-0.2, -0.15) is 0 Å². The van der Waals surface area contributed by atoms with Crippen LogP contribution < -0.4 is 5.32 Å². The van der Waals surface area contributed by atoms with Gasteiger partial charge in [-0.05, 0) is 13.0 Å². The van der Waals surface area contributed by atoms with E-state index >= 15 is 0 Å². The van der Waals surface area contributed by atoms with Gasteiger partial charge >= 0.3 is 5.97 Å². The minimum atomic E-state index is -1.19. The second-order valence-corrected chi connectivity index (χ2v) is 2.62. The highest BCUT2D eigenvalue weighted by atomic mass is 35.5. The molecule has 0 spiro atoms. The topological polar surface area (TPSA) is 89.8 Å². The van der Waals surface area contributed by atoms with E-state index < -0.39 is 24.2 Å². The molecule has 0 unspecified atom stereocenters. The van der Waals surface area contributed by atoms with Crippen molar-refractivity contribution in [2.45, 2.75) is 24.7 Å². The Balaban J connectivity index is 0.00000121. The lowest BCUT2D eigenvalue weighted by molar-refractivity contribution is -0.147. The fourth-order valence-corrected chi connectivity index (χ4v) is 1.13. The predicted octanol–water partition coefficient (Wildman–Crippen LogP) is -1.42. The molecule has 12 heavy (non-hydrogen) atoms. The van der Waals surface area contributed by atoms with Crippen LogP contribution in [0.1, 0.15) is 6.42 Å². The fourth-order valence-electron chi connectivity index (χ4n) is 1.13. The third-order valence-corrected chi connectivity index (χ3v) is 1.81. The van der Waals surface area contributed by atoms with Crippen LogP contribution >= 0.6 is 12.4 Å².